The highest BCUT2D eigenvalue weighted by molar-refractivity contribution is 6.06. The van der Waals surface area contributed by atoms with Crippen molar-refractivity contribution in [1.29, 1.82) is 0 Å². The highest BCUT2D eigenvalue weighted by Gasteiger charge is 2.41. The van der Waals surface area contributed by atoms with Gasteiger partial charge >= 0.3 is 5.97 Å². The summed E-state index contributed by atoms with van der Waals surface area (Å²) in [7, 11) is 0. The first-order chi connectivity index (χ1) is 9.32. The Balaban J connectivity index is 3.17. The molecule has 0 spiro atoms. The predicted octanol–water partition coefficient (Wildman–Crippen LogP) is 3.39. The van der Waals surface area contributed by atoms with Gasteiger partial charge in [-0.3, -0.25) is 9.59 Å². The summed E-state index contributed by atoms with van der Waals surface area (Å²) in [6.07, 6.45) is 1.69. The molecule has 0 saturated heterocycles. The van der Waals surface area contributed by atoms with Gasteiger partial charge in [-0.15, -0.1) is 0 Å². The van der Waals surface area contributed by atoms with Crippen molar-refractivity contribution in [3.63, 3.8) is 0 Å². The lowest BCUT2D eigenvalue weighted by Gasteiger charge is -2.25. The van der Waals surface area contributed by atoms with Crippen molar-refractivity contribution in [2.75, 3.05) is 6.61 Å². The van der Waals surface area contributed by atoms with Crippen LogP contribution in [0.3, 0.4) is 0 Å². The number of hydrogen-bond acceptors (Lipinski definition) is 3. The molecule has 20 heavy (non-hydrogen) atoms. The quantitative estimate of drug-likeness (QED) is 0.612. The summed E-state index contributed by atoms with van der Waals surface area (Å²) in [5.41, 5.74) is -0.0274. The molecule has 0 aliphatic rings. The van der Waals surface area contributed by atoms with Gasteiger partial charge in [0.05, 0.1) is 6.61 Å². The number of ether oxygens (including phenoxy) is 1. The van der Waals surface area contributed by atoms with Gasteiger partial charge in [-0.05, 0) is 51.0 Å². The predicted molar refractivity (Wildman–Crippen MR) is 75.5 cm³/mol. The third-order valence-electron chi connectivity index (χ3n) is 3.43. The van der Waals surface area contributed by atoms with Crippen LogP contribution in [0.4, 0.5) is 4.39 Å². The molecule has 0 aromatic heterocycles. The highest BCUT2D eigenvalue weighted by atomic mass is 19.1. The first kappa shape index (κ1) is 16.1. The Hall–Kier alpha value is -1.97. The zero-order valence-electron chi connectivity index (χ0n) is 12.2. The van der Waals surface area contributed by atoms with Crippen molar-refractivity contribution in [2.45, 2.75) is 27.7 Å². The molecule has 1 unspecified atom stereocenters. The van der Waals surface area contributed by atoms with Gasteiger partial charge in [0.1, 0.15) is 11.2 Å². The SMILES string of the molecule is CCOC(=O)C(C)(C(C)=O)/C(C)=C/c1ccc(F)cc1. The second kappa shape index (κ2) is 6.46. The maximum Gasteiger partial charge on any atom is 0.323 e. The van der Waals surface area contributed by atoms with E-state index in [1.807, 2.05) is 0 Å². The fourth-order valence-corrected chi connectivity index (χ4v) is 1.81. The van der Waals surface area contributed by atoms with E-state index in [9.17, 15) is 14.0 Å². The van der Waals surface area contributed by atoms with Gasteiger partial charge in [0.2, 0.25) is 0 Å². The average Bonchev–Trinajstić information content (AvgIpc) is 2.40. The molecule has 1 atom stereocenters. The Labute approximate surface area is 118 Å². The van der Waals surface area contributed by atoms with Gasteiger partial charge in [-0.25, -0.2) is 4.39 Å². The Morgan fingerprint density at radius 3 is 2.25 bits per heavy atom. The largest absolute Gasteiger partial charge is 0.465 e. The smallest absolute Gasteiger partial charge is 0.323 e. The summed E-state index contributed by atoms with van der Waals surface area (Å²) < 4.78 is 17.9. The fourth-order valence-electron chi connectivity index (χ4n) is 1.81. The lowest BCUT2D eigenvalue weighted by molar-refractivity contribution is -0.155. The van der Waals surface area contributed by atoms with Gasteiger partial charge < -0.3 is 4.74 Å². The molecule has 0 N–H and O–H groups in total. The molecule has 0 saturated carbocycles. The number of halogens is 1. The molecular weight excluding hydrogens is 259 g/mol. The van der Waals surface area contributed by atoms with Crippen LogP contribution in [0.25, 0.3) is 6.08 Å². The first-order valence-corrected chi connectivity index (χ1v) is 6.45. The number of carbonyl (C=O) groups excluding carboxylic acids is 2. The molecule has 1 rings (SSSR count). The molecule has 3 nitrogen and oxygen atoms in total. The zero-order valence-corrected chi connectivity index (χ0v) is 12.2. The molecule has 0 aliphatic heterocycles. The minimum absolute atomic E-state index is 0.214. The van der Waals surface area contributed by atoms with E-state index in [0.29, 0.717) is 5.57 Å². The summed E-state index contributed by atoms with van der Waals surface area (Å²) in [4.78, 5) is 23.9. The summed E-state index contributed by atoms with van der Waals surface area (Å²) in [6, 6.07) is 5.83. The van der Waals surface area contributed by atoms with Crippen LogP contribution in [0.5, 0.6) is 0 Å². The molecule has 0 bridgehead atoms. The number of benzene rings is 1. The zero-order chi connectivity index (χ0) is 15.3. The molecule has 1 aromatic carbocycles. The molecule has 108 valence electrons. The van der Waals surface area contributed by atoms with E-state index in [0.717, 1.165) is 5.56 Å². The molecule has 0 amide bonds. The number of Topliss-reactive ketones (excluding diaryl/α,β-unsaturated/α-hetero) is 1. The molecule has 0 fully saturated rings. The second-order valence-electron chi connectivity index (χ2n) is 4.78. The average molecular weight is 278 g/mol. The number of ketones is 1. The van der Waals surface area contributed by atoms with E-state index in [1.54, 1.807) is 39.0 Å². The third kappa shape index (κ3) is 3.32. The van der Waals surface area contributed by atoms with Crippen LogP contribution in [0, 0.1) is 11.2 Å². The summed E-state index contributed by atoms with van der Waals surface area (Å²) >= 11 is 0. The van der Waals surface area contributed by atoms with Crippen LogP contribution < -0.4 is 0 Å². The maximum absolute atomic E-state index is 12.9. The maximum atomic E-state index is 12.9. The third-order valence-corrected chi connectivity index (χ3v) is 3.43. The van der Waals surface area contributed by atoms with Gasteiger partial charge in [-0.2, -0.15) is 0 Å². The van der Waals surface area contributed by atoms with Crippen LogP contribution in [0.15, 0.2) is 29.8 Å². The summed E-state index contributed by atoms with van der Waals surface area (Å²) in [6.45, 7) is 6.51. The number of hydrogen-bond donors (Lipinski definition) is 0. The van der Waals surface area contributed by atoms with Gasteiger partial charge in [0, 0.05) is 0 Å². The van der Waals surface area contributed by atoms with E-state index in [4.69, 9.17) is 4.74 Å². The van der Waals surface area contributed by atoms with Gasteiger partial charge in [-0.1, -0.05) is 18.2 Å². The lowest BCUT2D eigenvalue weighted by atomic mass is 9.78. The fraction of sp³-hybridized carbons (Fsp3) is 0.375. The molecule has 0 aliphatic carbocycles. The second-order valence-corrected chi connectivity index (χ2v) is 4.78. The van der Waals surface area contributed by atoms with E-state index in [1.165, 1.54) is 19.1 Å². The van der Waals surface area contributed by atoms with Crippen LogP contribution in [-0.4, -0.2) is 18.4 Å². The lowest BCUT2D eigenvalue weighted by Crippen LogP contribution is -2.37. The normalized spacial score (nSPS) is 14.6. The minimum Gasteiger partial charge on any atom is -0.465 e. The van der Waals surface area contributed by atoms with Crippen molar-refractivity contribution in [2.24, 2.45) is 5.41 Å². The molecule has 4 heteroatoms. The van der Waals surface area contributed by atoms with E-state index in [2.05, 4.69) is 0 Å². The van der Waals surface area contributed by atoms with Crippen LogP contribution in [0.1, 0.15) is 33.3 Å². The Morgan fingerprint density at radius 1 is 1.25 bits per heavy atom. The van der Waals surface area contributed by atoms with E-state index in [-0.39, 0.29) is 18.2 Å². The molecule has 0 radical (unpaired) electrons. The molecular formula is C16H19FO3. The van der Waals surface area contributed by atoms with Crippen molar-refractivity contribution in [3.8, 4) is 0 Å². The van der Waals surface area contributed by atoms with Crippen molar-refractivity contribution in [1.82, 2.24) is 0 Å². The number of esters is 1. The topological polar surface area (TPSA) is 43.4 Å². The Morgan fingerprint density at radius 2 is 1.80 bits per heavy atom. The molecule has 0 heterocycles. The number of carbonyl (C=O) groups is 2. The van der Waals surface area contributed by atoms with Crippen molar-refractivity contribution >= 4 is 17.8 Å². The molecule has 1 aromatic rings. The monoisotopic (exact) mass is 278 g/mol. The van der Waals surface area contributed by atoms with Gasteiger partial charge in [0.25, 0.3) is 0 Å². The highest BCUT2D eigenvalue weighted by Crippen LogP contribution is 2.31. The minimum atomic E-state index is -1.32. The van der Waals surface area contributed by atoms with Crippen molar-refractivity contribution < 1.29 is 18.7 Å². The Kier molecular flexibility index (Phi) is 5.19. The van der Waals surface area contributed by atoms with Crippen LogP contribution in [-0.2, 0) is 14.3 Å². The van der Waals surface area contributed by atoms with E-state index >= 15 is 0 Å². The first-order valence-electron chi connectivity index (χ1n) is 6.45. The summed E-state index contributed by atoms with van der Waals surface area (Å²) in [5.74, 6) is -1.19. The Bertz CT molecular complexity index is 531. The summed E-state index contributed by atoms with van der Waals surface area (Å²) in [5, 5.41) is 0. The van der Waals surface area contributed by atoms with Gasteiger partial charge in [0.15, 0.2) is 5.78 Å². The number of rotatable bonds is 5. The van der Waals surface area contributed by atoms with Crippen molar-refractivity contribution in [3.05, 3.63) is 41.2 Å². The van der Waals surface area contributed by atoms with Crippen LogP contribution >= 0.6 is 0 Å². The van der Waals surface area contributed by atoms with E-state index < -0.39 is 11.4 Å². The standard InChI is InChI=1S/C16H19FO3/c1-5-20-15(19)16(4,12(3)18)11(2)10-13-6-8-14(17)9-7-13/h6-10H,5H2,1-4H3/b11-10+. The van der Waals surface area contributed by atoms with Crippen LogP contribution in [0.2, 0.25) is 0 Å².